The molecule has 0 N–H and O–H groups in total. The Balaban J connectivity index is 2.09. The lowest BCUT2D eigenvalue weighted by atomic mass is 9.93. The van der Waals surface area contributed by atoms with Crippen LogP contribution in [0.3, 0.4) is 0 Å². The van der Waals surface area contributed by atoms with Gasteiger partial charge in [0.25, 0.3) is 0 Å². The fraction of sp³-hybridized carbons (Fsp3) is 0.600. The van der Waals surface area contributed by atoms with Crippen LogP contribution in [0.1, 0.15) is 43.4 Å². The third-order valence-corrected chi connectivity index (χ3v) is 3.65. The lowest BCUT2D eigenvalue weighted by Gasteiger charge is -2.29. The molecule has 88 valence electrons. The smallest absolute Gasteiger partial charge is 0.0236 e. The summed E-state index contributed by atoms with van der Waals surface area (Å²) in [5.41, 5.74) is 4.77. The van der Waals surface area contributed by atoms with Crippen LogP contribution in [-0.2, 0) is 19.4 Å². The molecule has 0 aliphatic carbocycles. The lowest BCUT2D eigenvalue weighted by molar-refractivity contribution is 0.250. The van der Waals surface area contributed by atoms with Gasteiger partial charge < -0.3 is 0 Å². The van der Waals surface area contributed by atoms with E-state index in [2.05, 4.69) is 36.9 Å². The van der Waals surface area contributed by atoms with Crippen molar-refractivity contribution in [3.8, 4) is 0 Å². The Morgan fingerprint density at radius 3 is 2.88 bits per heavy atom. The quantitative estimate of drug-likeness (QED) is 0.747. The van der Waals surface area contributed by atoms with Crippen LogP contribution in [0, 0.1) is 0 Å². The molecule has 0 radical (unpaired) electrons. The second-order valence-electron chi connectivity index (χ2n) is 4.79. The van der Waals surface area contributed by atoms with Gasteiger partial charge in [-0.25, -0.2) is 0 Å². The van der Waals surface area contributed by atoms with Crippen molar-refractivity contribution in [1.82, 2.24) is 4.90 Å². The van der Waals surface area contributed by atoms with Crippen LogP contribution in [0.4, 0.5) is 0 Å². The topological polar surface area (TPSA) is 3.24 Å². The molecular weight excluding hydrogens is 194 g/mol. The first kappa shape index (κ1) is 11.7. The number of benzene rings is 1. The molecule has 1 nitrogen and oxygen atoms in total. The summed E-state index contributed by atoms with van der Waals surface area (Å²) in [6.45, 7) is 8.23. The molecule has 0 bridgehead atoms. The minimum Gasteiger partial charge on any atom is -0.299 e. The van der Waals surface area contributed by atoms with Gasteiger partial charge in [0, 0.05) is 13.1 Å². The van der Waals surface area contributed by atoms with Crippen LogP contribution >= 0.6 is 0 Å². The summed E-state index contributed by atoms with van der Waals surface area (Å²) in [4.78, 5) is 2.60. The molecule has 0 saturated carbocycles. The molecule has 1 heteroatoms. The van der Waals surface area contributed by atoms with E-state index < -0.39 is 0 Å². The zero-order chi connectivity index (χ0) is 11.4. The Labute approximate surface area is 99.5 Å². The van der Waals surface area contributed by atoms with E-state index in [1.165, 1.54) is 45.3 Å². The van der Waals surface area contributed by atoms with E-state index in [1.807, 2.05) is 0 Å². The molecule has 0 atom stereocenters. The van der Waals surface area contributed by atoms with Crippen LogP contribution in [0.25, 0.3) is 0 Å². The Kier molecular flexibility index (Phi) is 4.00. The first-order valence-corrected chi connectivity index (χ1v) is 6.67. The normalized spacial score (nSPS) is 16.1. The SMILES string of the molecule is CCCCN1CCc2c(CC)cccc2C1. The predicted molar refractivity (Wildman–Crippen MR) is 69.7 cm³/mol. The number of rotatable bonds is 4. The second-order valence-corrected chi connectivity index (χ2v) is 4.79. The second kappa shape index (κ2) is 5.49. The summed E-state index contributed by atoms with van der Waals surface area (Å²) in [5.74, 6) is 0. The highest BCUT2D eigenvalue weighted by Crippen LogP contribution is 2.23. The van der Waals surface area contributed by atoms with E-state index in [-0.39, 0.29) is 0 Å². The van der Waals surface area contributed by atoms with Gasteiger partial charge in [-0.15, -0.1) is 0 Å². The number of aryl methyl sites for hydroxylation is 1. The van der Waals surface area contributed by atoms with Gasteiger partial charge in [-0.2, -0.15) is 0 Å². The molecular formula is C15H23N. The average Bonchev–Trinajstić information content (AvgIpc) is 2.35. The van der Waals surface area contributed by atoms with Gasteiger partial charge >= 0.3 is 0 Å². The molecule has 0 fully saturated rings. The van der Waals surface area contributed by atoms with Crippen molar-refractivity contribution in [2.24, 2.45) is 0 Å². The summed E-state index contributed by atoms with van der Waals surface area (Å²) in [6.07, 6.45) is 5.07. The van der Waals surface area contributed by atoms with E-state index in [0.717, 1.165) is 0 Å². The van der Waals surface area contributed by atoms with Crippen molar-refractivity contribution in [3.63, 3.8) is 0 Å². The highest BCUT2D eigenvalue weighted by atomic mass is 15.1. The van der Waals surface area contributed by atoms with Crippen LogP contribution in [-0.4, -0.2) is 18.0 Å². The average molecular weight is 217 g/mol. The number of fused-ring (bicyclic) bond motifs is 1. The van der Waals surface area contributed by atoms with Crippen molar-refractivity contribution in [2.75, 3.05) is 13.1 Å². The van der Waals surface area contributed by atoms with Crippen LogP contribution in [0.15, 0.2) is 18.2 Å². The van der Waals surface area contributed by atoms with Crippen molar-refractivity contribution >= 4 is 0 Å². The lowest BCUT2D eigenvalue weighted by Crippen LogP contribution is -2.31. The van der Waals surface area contributed by atoms with E-state index >= 15 is 0 Å². The summed E-state index contributed by atoms with van der Waals surface area (Å²) in [7, 11) is 0. The first-order chi connectivity index (χ1) is 7.85. The molecule has 0 unspecified atom stereocenters. The molecule has 2 rings (SSSR count). The Morgan fingerprint density at radius 2 is 2.12 bits per heavy atom. The molecule has 16 heavy (non-hydrogen) atoms. The fourth-order valence-corrected chi connectivity index (χ4v) is 2.65. The standard InChI is InChI=1S/C15H23N/c1-3-5-10-16-11-9-15-13(4-2)7-6-8-14(15)12-16/h6-8H,3-5,9-12H2,1-2H3. The predicted octanol–water partition coefficient (Wildman–Crippen LogP) is 3.41. The van der Waals surface area contributed by atoms with Crippen LogP contribution in [0.5, 0.6) is 0 Å². The molecule has 1 aromatic rings. The summed E-state index contributed by atoms with van der Waals surface area (Å²) in [6, 6.07) is 6.83. The van der Waals surface area contributed by atoms with E-state index in [0.29, 0.717) is 0 Å². The number of hydrogen-bond donors (Lipinski definition) is 0. The fourth-order valence-electron chi connectivity index (χ4n) is 2.65. The molecule has 0 saturated heterocycles. The minimum absolute atomic E-state index is 1.17. The van der Waals surface area contributed by atoms with E-state index in [1.54, 1.807) is 16.7 Å². The highest BCUT2D eigenvalue weighted by molar-refractivity contribution is 5.37. The van der Waals surface area contributed by atoms with Crippen molar-refractivity contribution in [1.29, 1.82) is 0 Å². The molecule has 1 heterocycles. The van der Waals surface area contributed by atoms with Crippen molar-refractivity contribution in [2.45, 2.75) is 46.1 Å². The van der Waals surface area contributed by atoms with Gasteiger partial charge in [-0.3, -0.25) is 4.90 Å². The Bertz CT molecular complexity index is 343. The molecule has 0 amide bonds. The molecule has 1 aliphatic heterocycles. The maximum atomic E-state index is 2.60. The Hall–Kier alpha value is -0.820. The molecule has 0 aromatic heterocycles. The maximum absolute atomic E-state index is 2.60. The number of unbranched alkanes of at least 4 members (excludes halogenated alkanes) is 1. The van der Waals surface area contributed by atoms with Gasteiger partial charge in [-0.05, 0) is 42.5 Å². The minimum atomic E-state index is 1.17. The van der Waals surface area contributed by atoms with E-state index in [4.69, 9.17) is 0 Å². The summed E-state index contributed by atoms with van der Waals surface area (Å²) < 4.78 is 0. The summed E-state index contributed by atoms with van der Waals surface area (Å²) >= 11 is 0. The molecule has 1 aromatic carbocycles. The molecule has 1 aliphatic rings. The van der Waals surface area contributed by atoms with Gasteiger partial charge in [-0.1, -0.05) is 38.5 Å². The third-order valence-electron chi connectivity index (χ3n) is 3.65. The Morgan fingerprint density at radius 1 is 1.25 bits per heavy atom. The largest absolute Gasteiger partial charge is 0.299 e. The monoisotopic (exact) mass is 217 g/mol. The van der Waals surface area contributed by atoms with Crippen molar-refractivity contribution < 1.29 is 0 Å². The van der Waals surface area contributed by atoms with Gasteiger partial charge in [0.15, 0.2) is 0 Å². The van der Waals surface area contributed by atoms with Crippen molar-refractivity contribution in [3.05, 3.63) is 34.9 Å². The first-order valence-electron chi connectivity index (χ1n) is 6.67. The van der Waals surface area contributed by atoms with Gasteiger partial charge in [0.05, 0.1) is 0 Å². The molecule has 0 spiro atoms. The van der Waals surface area contributed by atoms with Crippen LogP contribution < -0.4 is 0 Å². The van der Waals surface area contributed by atoms with Gasteiger partial charge in [0.2, 0.25) is 0 Å². The van der Waals surface area contributed by atoms with E-state index in [9.17, 15) is 0 Å². The third kappa shape index (κ3) is 2.46. The zero-order valence-corrected chi connectivity index (χ0v) is 10.6. The number of nitrogens with zero attached hydrogens (tertiary/aromatic N) is 1. The van der Waals surface area contributed by atoms with Gasteiger partial charge in [0.1, 0.15) is 0 Å². The van der Waals surface area contributed by atoms with Crippen LogP contribution in [0.2, 0.25) is 0 Å². The highest BCUT2D eigenvalue weighted by Gasteiger charge is 2.17. The zero-order valence-electron chi connectivity index (χ0n) is 10.6. The number of hydrogen-bond acceptors (Lipinski definition) is 1. The maximum Gasteiger partial charge on any atom is 0.0236 e. The summed E-state index contributed by atoms with van der Waals surface area (Å²) in [5, 5.41) is 0.